The number of piperidine rings is 1. The van der Waals surface area contributed by atoms with E-state index in [-0.39, 0.29) is 17.2 Å². The number of anilines is 2. The molecule has 2 aliphatic rings. The number of thiazole rings is 1. The van der Waals surface area contributed by atoms with Crippen LogP contribution in [0.25, 0.3) is 21.8 Å². The van der Waals surface area contributed by atoms with Gasteiger partial charge in [-0.15, -0.1) is 0 Å². The van der Waals surface area contributed by atoms with Gasteiger partial charge in [-0.1, -0.05) is 17.4 Å². The first kappa shape index (κ1) is 33.3. The summed E-state index contributed by atoms with van der Waals surface area (Å²) in [6.45, 7) is 2.96. The van der Waals surface area contributed by atoms with E-state index in [0.29, 0.717) is 92.3 Å². The average Bonchev–Trinajstić information content (AvgIpc) is 3.49. The fraction of sp³-hybridized carbons (Fsp3) is 0.367. The number of aromatic nitrogens is 3. The highest BCUT2D eigenvalue weighted by molar-refractivity contribution is 7.92. The van der Waals surface area contributed by atoms with E-state index < -0.39 is 48.1 Å². The third kappa shape index (κ3) is 7.43. The van der Waals surface area contributed by atoms with E-state index in [1.807, 2.05) is 9.62 Å². The molecule has 4 heterocycles. The van der Waals surface area contributed by atoms with Gasteiger partial charge in [0, 0.05) is 44.4 Å². The van der Waals surface area contributed by atoms with Crippen LogP contribution >= 0.6 is 11.3 Å². The second-order valence-electron chi connectivity index (χ2n) is 11.3. The molecule has 47 heavy (non-hydrogen) atoms. The van der Waals surface area contributed by atoms with Crippen LogP contribution < -0.4 is 9.62 Å². The lowest BCUT2D eigenvalue weighted by molar-refractivity contribution is 0.122. The maximum absolute atomic E-state index is 16.2. The molecule has 4 aromatic rings. The van der Waals surface area contributed by atoms with Crippen molar-refractivity contribution in [1.29, 1.82) is 0 Å². The van der Waals surface area contributed by atoms with Crippen LogP contribution in [0.5, 0.6) is 0 Å². The molecule has 0 unspecified atom stereocenters. The number of hydrogen-bond acceptors (Lipinski definition) is 10. The molecule has 2 aliphatic heterocycles. The molecule has 0 atom stereocenters. The standard InChI is InChI=1S/C30H31F3N6O5S3/c1-46(40,41)39-11-8-19(9-12-39)17-26-34-10-7-24(35-26)29-28(36-30(45-29)38-13-15-44-16-14-38)21-3-2-4-23(27(21)33)37-47(42,43)25-18-20(31)5-6-22(25)32/h2-7,10,18-19,37H,8-9,11-17H2,1H3. The molecule has 0 bridgehead atoms. The van der Waals surface area contributed by atoms with Crippen molar-refractivity contribution >= 4 is 42.2 Å². The molecule has 2 aromatic heterocycles. The zero-order valence-corrected chi connectivity index (χ0v) is 27.6. The Morgan fingerprint density at radius 2 is 1.72 bits per heavy atom. The summed E-state index contributed by atoms with van der Waals surface area (Å²) in [7, 11) is -7.95. The zero-order chi connectivity index (χ0) is 33.3. The lowest BCUT2D eigenvalue weighted by Crippen LogP contribution is -2.38. The second-order valence-corrected chi connectivity index (χ2v) is 15.9. The fourth-order valence-electron chi connectivity index (χ4n) is 5.56. The van der Waals surface area contributed by atoms with Gasteiger partial charge in [-0.2, -0.15) is 0 Å². The number of ether oxygens (including phenoxy) is 1. The van der Waals surface area contributed by atoms with E-state index in [1.54, 1.807) is 12.3 Å². The number of hydrogen-bond donors (Lipinski definition) is 1. The van der Waals surface area contributed by atoms with Crippen LogP contribution in [0, 0.1) is 23.4 Å². The Hall–Kier alpha value is -3.64. The van der Waals surface area contributed by atoms with Crippen LogP contribution in [0.2, 0.25) is 0 Å². The molecule has 0 radical (unpaired) electrons. The maximum atomic E-state index is 16.2. The van der Waals surface area contributed by atoms with Crippen molar-refractivity contribution in [2.24, 2.45) is 5.92 Å². The molecular formula is C30H31F3N6O5S3. The van der Waals surface area contributed by atoms with E-state index in [4.69, 9.17) is 14.7 Å². The summed E-state index contributed by atoms with van der Waals surface area (Å²) in [6.07, 6.45) is 4.67. The normalized spacial score (nSPS) is 16.8. The molecule has 2 aromatic carbocycles. The molecule has 0 aliphatic carbocycles. The van der Waals surface area contributed by atoms with Crippen molar-refractivity contribution in [2.45, 2.75) is 24.2 Å². The van der Waals surface area contributed by atoms with Crippen LogP contribution in [0.3, 0.4) is 0 Å². The van der Waals surface area contributed by atoms with Gasteiger partial charge in [0.1, 0.15) is 22.4 Å². The van der Waals surface area contributed by atoms with Crippen LogP contribution in [0.15, 0.2) is 53.6 Å². The number of halogens is 3. The molecule has 2 saturated heterocycles. The minimum Gasteiger partial charge on any atom is -0.378 e. The molecule has 0 saturated carbocycles. The number of nitrogens with zero attached hydrogens (tertiary/aromatic N) is 5. The first-order valence-electron chi connectivity index (χ1n) is 14.8. The van der Waals surface area contributed by atoms with Gasteiger partial charge in [-0.25, -0.2) is 49.3 Å². The topological polar surface area (TPSA) is 135 Å². The summed E-state index contributed by atoms with van der Waals surface area (Å²) >= 11 is 1.30. The third-order valence-electron chi connectivity index (χ3n) is 8.03. The van der Waals surface area contributed by atoms with Gasteiger partial charge in [0.05, 0.1) is 41.4 Å². The summed E-state index contributed by atoms with van der Waals surface area (Å²) in [5, 5.41) is 0.596. The minimum atomic E-state index is -4.70. The van der Waals surface area contributed by atoms with Crippen molar-refractivity contribution in [1.82, 2.24) is 19.3 Å². The smallest absolute Gasteiger partial charge is 0.265 e. The zero-order valence-electron chi connectivity index (χ0n) is 25.2. The Balaban J connectivity index is 1.34. The van der Waals surface area contributed by atoms with Gasteiger partial charge in [0.2, 0.25) is 10.0 Å². The Morgan fingerprint density at radius 3 is 2.45 bits per heavy atom. The summed E-state index contributed by atoms with van der Waals surface area (Å²) < 4.78 is 103. The first-order chi connectivity index (χ1) is 22.4. The predicted octanol–water partition coefficient (Wildman–Crippen LogP) is 4.54. The highest BCUT2D eigenvalue weighted by atomic mass is 32.2. The molecule has 250 valence electrons. The molecule has 2 fully saturated rings. The van der Waals surface area contributed by atoms with Crippen molar-refractivity contribution in [2.75, 3.05) is 55.3 Å². The lowest BCUT2D eigenvalue weighted by Gasteiger charge is -2.29. The fourth-order valence-corrected chi connectivity index (χ4v) is 8.68. The Labute approximate surface area is 274 Å². The number of benzene rings is 2. The van der Waals surface area contributed by atoms with Crippen molar-refractivity contribution < 1.29 is 34.7 Å². The van der Waals surface area contributed by atoms with Gasteiger partial charge >= 0.3 is 0 Å². The van der Waals surface area contributed by atoms with Crippen LogP contribution in [-0.2, 0) is 31.2 Å². The van der Waals surface area contributed by atoms with E-state index in [2.05, 4.69) is 4.98 Å². The lowest BCUT2D eigenvalue weighted by atomic mass is 9.94. The van der Waals surface area contributed by atoms with Crippen molar-refractivity contribution in [3.05, 3.63) is 71.9 Å². The van der Waals surface area contributed by atoms with E-state index in [0.717, 1.165) is 6.07 Å². The molecule has 17 heteroatoms. The minimum absolute atomic E-state index is 0.0241. The average molecular weight is 709 g/mol. The quantitative estimate of drug-likeness (QED) is 0.266. The molecular weight excluding hydrogens is 678 g/mol. The van der Waals surface area contributed by atoms with Gasteiger partial charge in [0.15, 0.2) is 10.9 Å². The molecule has 6 rings (SSSR count). The number of sulfonamides is 2. The second kappa shape index (κ2) is 13.5. The Bertz CT molecular complexity index is 2000. The van der Waals surface area contributed by atoms with Gasteiger partial charge in [-0.3, -0.25) is 4.72 Å². The summed E-state index contributed by atoms with van der Waals surface area (Å²) in [6, 6.07) is 7.74. The highest BCUT2D eigenvalue weighted by Gasteiger charge is 2.28. The van der Waals surface area contributed by atoms with Gasteiger partial charge in [0.25, 0.3) is 10.0 Å². The van der Waals surface area contributed by atoms with Gasteiger partial charge in [-0.05, 0) is 55.2 Å². The monoisotopic (exact) mass is 708 g/mol. The predicted molar refractivity (Wildman–Crippen MR) is 172 cm³/mol. The van der Waals surface area contributed by atoms with E-state index in [9.17, 15) is 25.6 Å². The van der Waals surface area contributed by atoms with Gasteiger partial charge < -0.3 is 9.64 Å². The maximum Gasteiger partial charge on any atom is 0.265 e. The number of morpholine rings is 1. The number of nitrogens with one attached hydrogen (secondary N) is 1. The van der Waals surface area contributed by atoms with E-state index in [1.165, 1.54) is 40.1 Å². The number of rotatable bonds is 9. The van der Waals surface area contributed by atoms with E-state index >= 15 is 4.39 Å². The summed E-state index contributed by atoms with van der Waals surface area (Å²) in [4.78, 5) is 15.6. The van der Waals surface area contributed by atoms with Crippen LogP contribution in [0.1, 0.15) is 18.7 Å². The Morgan fingerprint density at radius 1 is 0.979 bits per heavy atom. The molecule has 1 N–H and O–H groups in total. The highest BCUT2D eigenvalue weighted by Crippen LogP contribution is 2.42. The largest absolute Gasteiger partial charge is 0.378 e. The first-order valence-corrected chi connectivity index (χ1v) is 18.9. The summed E-state index contributed by atoms with van der Waals surface area (Å²) in [5.74, 6) is -2.38. The van der Waals surface area contributed by atoms with Crippen molar-refractivity contribution in [3.63, 3.8) is 0 Å². The van der Waals surface area contributed by atoms with Crippen molar-refractivity contribution in [3.8, 4) is 21.8 Å². The Kier molecular flexibility index (Phi) is 9.53. The molecule has 11 nitrogen and oxygen atoms in total. The summed E-state index contributed by atoms with van der Waals surface area (Å²) in [5.41, 5.74) is 0.215. The molecule has 0 spiro atoms. The molecule has 0 amide bonds. The third-order valence-corrected chi connectivity index (χ3v) is 11.9. The van der Waals surface area contributed by atoms with Crippen LogP contribution in [-0.4, -0.2) is 81.7 Å². The van der Waals surface area contributed by atoms with Crippen LogP contribution in [0.4, 0.5) is 24.0 Å². The SMILES string of the molecule is CS(=O)(=O)N1CCC(Cc2nccc(-c3sc(N4CCOCC4)nc3-c3cccc(NS(=O)(=O)c4cc(F)ccc4F)c3F)n2)CC1.